The molecule has 1 heterocycles. The van der Waals surface area contributed by atoms with Gasteiger partial charge in [-0.2, -0.15) is 0 Å². The number of aryl methyl sites for hydroxylation is 1. The average molecular weight is 269 g/mol. The number of nitrogens with zero attached hydrogens (tertiary/aromatic N) is 1. The Morgan fingerprint density at radius 2 is 2.06 bits per heavy atom. The minimum atomic E-state index is -2.96. The predicted octanol–water partition coefficient (Wildman–Crippen LogP) is 1.92. The van der Waals surface area contributed by atoms with Gasteiger partial charge in [0.15, 0.2) is 0 Å². The number of aliphatic hydroxyl groups excluding tert-OH is 1. The van der Waals surface area contributed by atoms with Crippen LogP contribution < -0.4 is 5.30 Å². The first kappa shape index (κ1) is 13.8. The third-order valence-corrected chi connectivity index (χ3v) is 5.96. The Balaban J connectivity index is 2.28. The van der Waals surface area contributed by atoms with Gasteiger partial charge in [-0.3, -0.25) is 4.57 Å². The summed E-state index contributed by atoms with van der Waals surface area (Å²) < 4.78 is 20.2. The molecule has 0 aliphatic carbocycles. The molecule has 1 aromatic rings. The summed E-state index contributed by atoms with van der Waals surface area (Å²) in [7, 11) is -1.47. The minimum Gasteiger partial charge on any atom is -0.393 e. The predicted molar refractivity (Wildman–Crippen MR) is 72.2 cm³/mol. The molecule has 1 N–H and O–H groups in total. The van der Waals surface area contributed by atoms with Crippen LogP contribution in [0.3, 0.4) is 0 Å². The molecule has 0 saturated carbocycles. The molecule has 2 rings (SSSR count). The van der Waals surface area contributed by atoms with Gasteiger partial charge in [-0.25, -0.2) is 4.67 Å². The van der Waals surface area contributed by atoms with E-state index in [1.54, 1.807) is 0 Å². The fourth-order valence-corrected chi connectivity index (χ4v) is 4.47. The number of aliphatic hydroxyl groups is 1. The van der Waals surface area contributed by atoms with Crippen molar-refractivity contribution in [2.75, 3.05) is 20.2 Å². The molecule has 1 aliphatic heterocycles. The number of benzene rings is 1. The second-order valence-corrected chi connectivity index (χ2v) is 7.21. The van der Waals surface area contributed by atoms with E-state index in [0.29, 0.717) is 25.9 Å². The monoisotopic (exact) mass is 269 g/mol. The van der Waals surface area contributed by atoms with E-state index in [0.717, 1.165) is 10.9 Å². The van der Waals surface area contributed by atoms with Gasteiger partial charge in [-0.1, -0.05) is 17.7 Å². The number of piperidine rings is 1. The lowest BCUT2D eigenvalue weighted by molar-refractivity contribution is 0.108. The Morgan fingerprint density at radius 3 is 2.61 bits per heavy atom. The molecular weight excluding hydrogens is 249 g/mol. The van der Waals surface area contributed by atoms with E-state index < -0.39 is 7.52 Å². The highest BCUT2D eigenvalue weighted by molar-refractivity contribution is 7.64. The quantitative estimate of drug-likeness (QED) is 0.852. The van der Waals surface area contributed by atoms with Crippen LogP contribution in [0.2, 0.25) is 0 Å². The first-order valence-electron chi connectivity index (χ1n) is 6.23. The van der Waals surface area contributed by atoms with Crippen molar-refractivity contribution < 1.29 is 14.2 Å². The highest BCUT2D eigenvalue weighted by Crippen LogP contribution is 2.50. The summed E-state index contributed by atoms with van der Waals surface area (Å²) in [6.45, 7) is 3.20. The zero-order valence-corrected chi connectivity index (χ0v) is 11.8. The van der Waals surface area contributed by atoms with Crippen molar-refractivity contribution in [3.63, 3.8) is 0 Å². The normalized spacial score (nSPS) is 21.7. The van der Waals surface area contributed by atoms with Gasteiger partial charge in [-0.05, 0) is 31.9 Å². The fraction of sp³-hybridized carbons (Fsp3) is 0.538. The van der Waals surface area contributed by atoms with Gasteiger partial charge < -0.3 is 9.63 Å². The molecule has 1 saturated heterocycles. The van der Waals surface area contributed by atoms with Crippen molar-refractivity contribution in [1.82, 2.24) is 4.67 Å². The molecule has 0 spiro atoms. The lowest BCUT2D eigenvalue weighted by Crippen LogP contribution is -2.36. The first-order chi connectivity index (χ1) is 8.56. The van der Waals surface area contributed by atoms with E-state index >= 15 is 0 Å². The van der Waals surface area contributed by atoms with Gasteiger partial charge in [0.1, 0.15) is 0 Å². The van der Waals surface area contributed by atoms with E-state index in [2.05, 4.69) is 0 Å². The van der Waals surface area contributed by atoms with Gasteiger partial charge in [0.25, 0.3) is 0 Å². The van der Waals surface area contributed by atoms with Crippen LogP contribution in [-0.4, -0.2) is 36.1 Å². The van der Waals surface area contributed by atoms with Gasteiger partial charge in [0.05, 0.1) is 11.4 Å². The summed E-state index contributed by atoms with van der Waals surface area (Å²) in [5.74, 6) is 0. The fourth-order valence-electron chi connectivity index (χ4n) is 2.30. The van der Waals surface area contributed by atoms with Gasteiger partial charge in [0, 0.05) is 20.2 Å². The summed E-state index contributed by atoms with van der Waals surface area (Å²) in [5.41, 5.74) is 1.07. The van der Waals surface area contributed by atoms with Crippen LogP contribution in [-0.2, 0) is 9.09 Å². The zero-order chi connectivity index (χ0) is 13.2. The third kappa shape index (κ3) is 2.67. The molecule has 100 valence electrons. The molecule has 18 heavy (non-hydrogen) atoms. The van der Waals surface area contributed by atoms with Gasteiger partial charge >= 0.3 is 7.52 Å². The van der Waals surface area contributed by atoms with Crippen molar-refractivity contribution in [1.29, 1.82) is 0 Å². The van der Waals surface area contributed by atoms with Gasteiger partial charge in [0.2, 0.25) is 0 Å². The lowest BCUT2D eigenvalue weighted by atomic mass is 10.1. The Kier molecular flexibility index (Phi) is 4.23. The van der Waals surface area contributed by atoms with E-state index in [1.165, 1.54) is 7.11 Å². The average Bonchev–Trinajstić information content (AvgIpc) is 2.38. The minimum absolute atomic E-state index is 0.274. The summed E-state index contributed by atoms with van der Waals surface area (Å²) in [6, 6.07) is 7.64. The molecule has 1 aliphatic rings. The molecule has 0 amide bonds. The number of hydrogen-bond donors (Lipinski definition) is 1. The molecule has 5 heteroatoms. The van der Waals surface area contributed by atoms with Crippen LogP contribution in [0, 0.1) is 6.92 Å². The van der Waals surface area contributed by atoms with Crippen LogP contribution in [0.5, 0.6) is 0 Å². The molecule has 1 aromatic carbocycles. The number of rotatable bonds is 3. The molecule has 4 nitrogen and oxygen atoms in total. The van der Waals surface area contributed by atoms with Crippen molar-refractivity contribution in [2.24, 2.45) is 0 Å². The van der Waals surface area contributed by atoms with Crippen molar-refractivity contribution in [3.05, 3.63) is 29.8 Å². The second-order valence-electron chi connectivity index (χ2n) is 4.73. The molecular formula is C13H20NO3P. The van der Waals surface area contributed by atoms with E-state index in [9.17, 15) is 9.67 Å². The Hall–Kier alpha value is -0.670. The molecule has 0 aromatic heterocycles. The zero-order valence-electron chi connectivity index (χ0n) is 10.9. The molecule has 1 atom stereocenters. The van der Waals surface area contributed by atoms with E-state index in [4.69, 9.17) is 4.52 Å². The van der Waals surface area contributed by atoms with Crippen molar-refractivity contribution >= 4 is 12.8 Å². The Morgan fingerprint density at radius 1 is 1.39 bits per heavy atom. The molecule has 0 bridgehead atoms. The topological polar surface area (TPSA) is 49.8 Å². The second kappa shape index (κ2) is 5.54. The van der Waals surface area contributed by atoms with E-state index in [1.807, 2.05) is 35.9 Å². The standard InChI is InChI=1S/C13H20NO3P/c1-11-4-3-5-13(10-11)18(16,17-2)14-8-6-12(15)7-9-14/h3-5,10,12,15H,6-9H2,1-2H3. The maximum Gasteiger partial charge on any atom is 0.302 e. The Bertz CT molecular complexity index is 455. The summed E-state index contributed by atoms with van der Waals surface area (Å²) in [5, 5.41) is 10.3. The highest BCUT2D eigenvalue weighted by Gasteiger charge is 2.35. The van der Waals surface area contributed by atoms with Crippen LogP contribution in [0.15, 0.2) is 24.3 Å². The van der Waals surface area contributed by atoms with Crippen molar-refractivity contribution in [3.8, 4) is 0 Å². The number of hydrogen-bond acceptors (Lipinski definition) is 3. The van der Waals surface area contributed by atoms with Crippen LogP contribution in [0.1, 0.15) is 18.4 Å². The maximum atomic E-state index is 13.0. The SMILES string of the molecule is COP(=O)(c1cccc(C)c1)N1CCC(O)CC1. The highest BCUT2D eigenvalue weighted by atomic mass is 31.2. The Labute approximate surface area is 108 Å². The molecule has 0 radical (unpaired) electrons. The van der Waals surface area contributed by atoms with Crippen LogP contribution in [0.4, 0.5) is 0 Å². The lowest BCUT2D eigenvalue weighted by Gasteiger charge is -2.34. The third-order valence-electron chi connectivity index (χ3n) is 3.39. The maximum absolute atomic E-state index is 13.0. The molecule has 1 fully saturated rings. The van der Waals surface area contributed by atoms with Gasteiger partial charge in [-0.15, -0.1) is 0 Å². The smallest absolute Gasteiger partial charge is 0.302 e. The molecule has 1 unspecified atom stereocenters. The van der Waals surface area contributed by atoms with E-state index in [-0.39, 0.29) is 6.10 Å². The van der Waals surface area contributed by atoms with Crippen LogP contribution >= 0.6 is 7.52 Å². The largest absolute Gasteiger partial charge is 0.393 e. The van der Waals surface area contributed by atoms with Crippen molar-refractivity contribution in [2.45, 2.75) is 25.9 Å². The summed E-state index contributed by atoms with van der Waals surface area (Å²) in [6.07, 6.45) is 1.03. The van der Waals surface area contributed by atoms with Crippen LogP contribution in [0.25, 0.3) is 0 Å². The first-order valence-corrected chi connectivity index (χ1v) is 7.80. The summed E-state index contributed by atoms with van der Waals surface area (Å²) >= 11 is 0. The summed E-state index contributed by atoms with van der Waals surface area (Å²) in [4.78, 5) is 0.